The van der Waals surface area contributed by atoms with E-state index in [1.54, 1.807) is 12.1 Å². The fourth-order valence-electron chi connectivity index (χ4n) is 2.60. The molecule has 1 N–H and O–H groups in total. The second-order valence-corrected chi connectivity index (χ2v) is 6.91. The monoisotopic (exact) mass is 385 g/mol. The Bertz CT molecular complexity index is 1010. The first-order valence-corrected chi connectivity index (χ1v) is 8.88. The van der Waals surface area contributed by atoms with Gasteiger partial charge in [-0.1, -0.05) is 48.0 Å². The average Bonchev–Trinajstić information content (AvgIpc) is 3.28. The molecule has 3 aromatic rings. The lowest BCUT2D eigenvalue weighted by Gasteiger charge is -2.00. The molecule has 7 heteroatoms. The summed E-state index contributed by atoms with van der Waals surface area (Å²) < 4.78 is 10.6. The quantitative estimate of drug-likeness (QED) is 0.679. The third-order valence-corrected chi connectivity index (χ3v) is 5.04. The minimum atomic E-state index is -0.993. The summed E-state index contributed by atoms with van der Waals surface area (Å²) in [5, 5.41) is 10.5. The molecule has 5 nitrogen and oxygen atoms in total. The molecule has 2 heterocycles. The number of hydrogen-bond donors (Lipinski definition) is 1. The summed E-state index contributed by atoms with van der Waals surface area (Å²) >= 11 is 7.30. The van der Waals surface area contributed by atoms with Crippen LogP contribution in [0.4, 0.5) is 0 Å². The molecule has 1 aliphatic heterocycles. The van der Waals surface area contributed by atoms with Gasteiger partial charge >= 0.3 is 5.97 Å². The van der Waals surface area contributed by atoms with Crippen molar-refractivity contribution in [2.75, 3.05) is 6.79 Å². The van der Waals surface area contributed by atoms with Crippen molar-refractivity contribution in [3.63, 3.8) is 0 Å². The summed E-state index contributed by atoms with van der Waals surface area (Å²) in [6.45, 7) is 0.150. The topological polar surface area (TPSA) is 68.7 Å². The van der Waals surface area contributed by atoms with E-state index in [-0.39, 0.29) is 11.7 Å². The van der Waals surface area contributed by atoms with Gasteiger partial charge in [-0.05, 0) is 23.8 Å². The van der Waals surface area contributed by atoms with Gasteiger partial charge in [-0.25, -0.2) is 9.78 Å². The van der Waals surface area contributed by atoms with Gasteiger partial charge in [0, 0.05) is 5.56 Å². The van der Waals surface area contributed by atoms with Gasteiger partial charge in [-0.3, -0.25) is 0 Å². The predicted molar refractivity (Wildman–Crippen MR) is 101 cm³/mol. The molecule has 0 unspecified atom stereocenters. The number of carboxylic acid groups (broad SMARTS) is 1. The SMILES string of the molecule is O=C(O)c1sc(/C=C/c2cc(Cl)c3c(c2)OCO3)nc1-c1ccccc1. The predicted octanol–water partition coefficient (Wildman–Crippen LogP) is 5.06. The zero-order valence-electron chi connectivity index (χ0n) is 13.3. The molecule has 0 bridgehead atoms. The number of aromatic carboxylic acids is 1. The molecule has 2 aromatic carbocycles. The molecule has 0 saturated carbocycles. The first-order valence-electron chi connectivity index (χ1n) is 7.68. The van der Waals surface area contributed by atoms with Crippen LogP contribution in [-0.2, 0) is 0 Å². The van der Waals surface area contributed by atoms with Crippen LogP contribution >= 0.6 is 22.9 Å². The van der Waals surface area contributed by atoms with Crippen molar-refractivity contribution in [3.8, 4) is 22.8 Å². The molecule has 0 fully saturated rings. The number of halogens is 1. The Morgan fingerprint density at radius 1 is 1.19 bits per heavy atom. The smallest absolute Gasteiger partial charge is 0.348 e. The van der Waals surface area contributed by atoms with Gasteiger partial charge in [0.15, 0.2) is 11.5 Å². The lowest BCUT2D eigenvalue weighted by molar-refractivity contribution is 0.0702. The van der Waals surface area contributed by atoms with Crippen LogP contribution in [0.15, 0.2) is 42.5 Å². The zero-order valence-corrected chi connectivity index (χ0v) is 14.9. The van der Waals surface area contributed by atoms with Crippen LogP contribution in [0.1, 0.15) is 20.2 Å². The maximum atomic E-state index is 11.6. The van der Waals surface area contributed by atoms with E-state index >= 15 is 0 Å². The lowest BCUT2D eigenvalue weighted by atomic mass is 10.1. The molecular weight excluding hydrogens is 374 g/mol. The second-order valence-electron chi connectivity index (χ2n) is 5.47. The molecule has 1 aromatic heterocycles. The van der Waals surface area contributed by atoms with Crippen LogP contribution in [0.3, 0.4) is 0 Å². The van der Waals surface area contributed by atoms with E-state index in [0.29, 0.717) is 27.2 Å². The number of thiazole rings is 1. The summed E-state index contributed by atoms with van der Waals surface area (Å²) in [7, 11) is 0. The highest BCUT2D eigenvalue weighted by atomic mass is 35.5. The van der Waals surface area contributed by atoms with Crippen LogP contribution in [0, 0.1) is 0 Å². The maximum Gasteiger partial charge on any atom is 0.348 e. The number of fused-ring (bicyclic) bond motifs is 1. The van der Waals surface area contributed by atoms with E-state index in [1.807, 2.05) is 42.5 Å². The standard InChI is InChI=1S/C19H12ClNO4S/c20-13-8-11(9-14-17(13)25-10-24-14)6-7-15-21-16(18(26-15)19(22)23)12-4-2-1-3-5-12/h1-9H,10H2,(H,22,23)/b7-6+. The van der Waals surface area contributed by atoms with Crippen molar-refractivity contribution < 1.29 is 19.4 Å². The third-order valence-electron chi connectivity index (χ3n) is 3.75. The van der Waals surface area contributed by atoms with E-state index in [9.17, 15) is 9.90 Å². The van der Waals surface area contributed by atoms with E-state index in [1.165, 1.54) is 0 Å². The van der Waals surface area contributed by atoms with E-state index < -0.39 is 5.97 Å². The van der Waals surface area contributed by atoms with Gasteiger partial charge in [-0.2, -0.15) is 0 Å². The number of carboxylic acids is 1. The fourth-order valence-corrected chi connectivity index (χ4v) is 3.70. The molecule has 130 valence electrons. The number of nitrogens with zero attached hydrogens (tertiary/aromatic N) is 1. The zero-order chi connectivity index (χ0) is 18.1. The number of hydrogen-bond acceptors (Lipinski definition) is 5. The van der Waals surface area contributed by atoms with Crippen molar-refractivity contribution in [2.24, 2.45) is 0 Å². The van der Waals surface area contributed by atoms with Gasteiger partial charge in [0.25, 0.3) is 0 Å². The van der Waals surface area contributed by atoms with Crippen molar-refractivity contribution >= 4 is 41.1 Å². The van der Waals surface area contributed by atoms with E-state index in [0.717, 1.165) is 22.5 Å². The summed E-state index contributed by atoms with van der Waals surface area (Å²) in [5.41, 5.74) is 2.05. The first kappa shape index (κ1) is 16.6. The minimum Gasteiger partial charge on any atom is -0.477 e. The highest BCUT2D eigenvalue weighted by Gasteiger charge is 2.19. The first-order chi connectivity index (χ1) is 12.6. The summed E-state index contributed by atoms with van der Waals surface area (Å²) in [4.78, 5) is 16.2. The number of rotatable bonds is 4. The molecule has 4 rings (SSSR count). The Labute approximate surface area is 158 Å². The van der Waals surface area contributed by atoms with E-state index in [2.05, 4.69) is 4.98 Å². The van der Waals surface area contributed by atoms with Gasteiger partial charge in [0.05, 0.1) is 10.7 Å². The Morgan fingerprint density at radius 3 is 2.77 bits per heavy atom. The number of benzene rings is 2. The summed E-state index contributed by atoms with van der Waals surface area (Å²) in [6.07, 6.45) is 3.57. The average molecular weight is 386 g/mol. The van der Waals surface area contributed by atoms with Gasteiger partial charge in [0.2, 0.25) is 6.79 Å². The molecule has 0 saturated heterocycles. The molecule has 1 aliphatic rings. The number of aromatic nitrogens is 1. The highest BCUT2D eigenvalue weighted by Crippen LogP contribution is 2.40. The van der Waals surface area contributed by atoms with Crippen molar-refractivity contribution in [3.05, 3.63) is 62.9 Å². The largest absolute Gasteiger partial charge is 0.477 e. The van der Waals surface area contributed by atoms with E-state index in [4.69, 9.17) is 21.1 Å². The third kappa shape index (κ3) is 3.16. The molecular formula is C19H12ClNO4S. The number of ether oxygens (including phenoxy) is 2. The Hall–Kier alpha value is -2.83. The molecule has 26 heavy (non-hydrogen) atoms. The van der Waals surface area contributed by atoms with Crippen molar-refractivity contribution in [2.45, 2.75) is 0 Å². The Balaban J connectivity index is 1.68. The van der Waals surface area contributed by atoms with Gasteiger partial charge in [-0.15, -0.1) is 11.3 Å². The van der Waals surface area contributed by atoms with Crippen molar-refractivity contribution in [1.82, 2.24) is 4.98 Å². The Kier molecular flexibility index (Phi) is 4.36. The molecule has 0 atom stereocenters. The van der Waals surface area contributed by atoms with Crippen LogP contribution in [0.25, 0.3) is 23.4 Å². The van der Waals surface area contributed by atoms with Crippen molar-refractivity contribution in [1.29, 1.82) is 0 Å². The van der Waals surface area contributed by atoms with Gasteiger partial charge < -0.3 is 14.6 Å². The maximum absolute atomic E-state index is 11.6. The minimum absolute atomic E-state index is 0.150. The summed E-state index contributed by atoms with van der Waals surface area (Å²) in [6, 6.07) is 12.8. The molecule has 0 radical (unpaired) electrons. The Morgan fingerprint density at radius 2 is 2.00 bits per heavy atom. The second kappa shape index (κ2) is 6.82. The number of carbonyl (C=O) groups is 1. The summed E-state index contributed by atoms with van der Waals surface area (Å²) in [5.74, 6) is 0.136. The molecule has 0 amide bonds. The van der Waals surface area contributed by atoms with Crippen LogP contribution in [-0.4, -0.2) is 22.9 Å². The van der Waals surface area contributed by atoms with Crippen LogP contribution in [0.2, 0.25) is 5.02 Å². The van der Waals surface area contributed by atoms with Gasteiger partial charge in [0.1, 0.15) is 9.88 Å². The van der Waals surface area contributed by atoms with Crippen LogP contribution in [0.5, 0.6) is 11.5 Å². The highest BCUT2D eigenvalue weighted by molar-refractivity contribution is 7.15. The van der Waals surface area contributed by atoms with Crippen LogP contribution < -0.4 is 9.47 Å². The molecule has 0 aliphatic carbocycles. The normalized spacial score (nSPS) is 12.7. The lowest BCUT2D eigenvalue weighted by Crippen LogP contribution is -1.95. The fraction of sp³-hybridized carbons (Fsp3) is 0.0526. The molecule has 0 spiro atoms.